The molecule has 0 bridgehead atoms. The van der Waals surface area contributed by atoms with Crippen molar-refractivity contribution >= 4 is 11.8 Å². The fourth-order valence-corrected chi connectivity index (χ4v) is 0.973. The standard InChI is InChI=1S/C7H11NO2.K/c1-3-7(2)4-5(9)8-6(7)10;/h3-4H2,1-2H3,(H,8,9,10);/q;+1/p-1. The van der Waals surface area contributed by atoms with Crippen LogP contribution in [0.4, 0.5) is 0 Å². The van der Waals surface area contributed by atoms with Crippen molar-refractivity contribution in [2.24, 2.45) is 5.41 Å². The van der Waals surface area contributed by atoms with Gasteiger partial charge in [-0.2, -0.15) is 0 Å². The summed E-state index contributed by atoms with van der Waals surface area (Å²) in [5.74, 6) is -0.519. The molecular weight excluding hydrogens is 169 g/mol. The molecule has 0 aliphatic carbocycles. The summed E-state index contributed by atoms with van der Waals surface area (Å²) in [6, 6.07) is 0. The van der Waals surface area contributed by atoms with E-state index in [2.05, 4.69) is 5.32 Å². The van der Waals surface area contributed by atoms with Gasteiger partial charge in [-0.05, 0) is 12.8 Å². The van der Waals surface area contributed by atoms with Gasteiger partial charge < -0.3 is 14.9 Å². The number of hydrogen-bond donors (Lipinski definition) is 0. The van der Waals surface area contributed by atoms with Gasteiger partial charge in [-0.25, -0.2) is 0 Å². The Hall–Kier alpha value is 0.776. The Bertz CT molecular complexity index is 193. The molecule has 1 fully saturated rings. The Morgan fingerprint density at radius 1 is 1.55 bits per heavy atom. The SMILES string of the molecule is CCC1(C)CC(=O)[N-]C1=O.[K+]. The average molecular weight is 179 g/mol. The summed E-state index contributed by atoms with van der Waals surface area (Å²) in [5.41, 5.74) is -0.489. The van der Waals surface area contributed by atoms with E-state index >= 15 is 0 Å². The maximum absolute atomic E-state index is 11.0. The first kappa shape index (κ1) is 11.8. The van der Waals surface area contributed by atoms with Crippen LogP contribution in [0.25, 0.3) is 5.32 Å². The molecule has 0 aromatic rings. The second-order valence-corrected chi connectivity index (χ2v) is 2.90. The summed E-state index contributed by atoms with van der Waals surface area (Å²) in [6.45, 7) is 3.68. The molecule has 0 spiro atoms. The summed E-state index contributed by atoms with van der Waals surface area (Å²) in [4.78, 5) is 21.6. The first-order valence-electron chi connectivity index (χ1n) is 3.37. The van der Waals surface area contributed by atoms with Gasteiger partial charge >= 0.3 is 51.4 Å². The van der Waals surface area contributed by atoms with E-state index in [0.717, 1.165) is 0 Å². The summed E-state index contributed by atoms with van der Waals surface area (Å²) in [7, 11) is 0. The molecule has 1 aliphatic rings. The predicted molar refractivity (Wildman–Crippen MR) is 36.4 cm³/mol. The fraction of sp³-hybridized carbons (Fsp3) is 0.714. The predicted octanol–water partition coefficient (Wildman–Crippen LogP) is -1.76. The first-order chi connectivity index (χ1) is 4.58. The minimum Gasteiger partial charge on any atom is -0.595 e. The van der Waals surface area contributed by atoms with Crippen molar-refractivity contribution in [3.8, 4) is 0 Å². The second-order valence-electron chi connectivity index (χ2n) is 2.90. The Morgan fingerprint density at radius 3 is 2.27 bits per heavy atom. The first-order valence-corrected chi connectivity index (χ1v) is 3.37. The molecule has 1 heterocycles. The smallest absolute Gasteiger partial charge is 0.595 e. The van der Waals surface area contributed by atoms with Crippen LogP contribution in [0.3, 0.4) is 0 Å². The van der Waals surface area contributed by atoms with E-state index in [-0.39, 0.29) is 63.2 Å². The number of hydrogen-bond acceptors (Lipinski definition) is 2. The average Bonchev–Trinajstić information content (AvgIpc) is 2.09. The van der Waals surface area contributed by atoms with Crippen molar-refractivity contribution in [3.05, 3.63) is 5.32 Å². The molecule has 3 nitrogen and oxygen atoms in total. The van der Waals surface area contributed by atoms with Crippen LogP contribution in [0.1, 0.15) is 26.7 Å². The Morgan fingerprint density at radius 2 is 2.09 bits per heavy atom. The summed E-state index contributed by atoms with van der Waals surface area (Å²) >= 11 is 0. The third-order valence-corrected chi connectivity index (χ3v) is 2.06. The number of carbonyl (C=O) groups is 2. The van der Waals surface area contributed by atoms with Gasteiger partial charge in [0.1, 0.15) is 0 Å². The maximum atomic E-state index is 11.0. The van der Waals surface area contributed by atoms with E-state index in [1.807, 2.05) is 6.92 Å². The third kappa shape index (κ3) is 2.35. The van der Waals surface area contributed by atoms with Crippen molar-refractivity contribution in [1.82, 2.24) is 0 Å². The monoisotopic (exact) mass is 179 g/mol. The van der Waals surface area contributed by atoms with Gasteiger partial charge in [0.05, 0.1) is 11.8 Å². The molecule has 1 atom stereocenters. The van der Waals surface area contributed by atoms with Crippen LogP contribution < -0.4 is 51.4 Å². The van der Waals surface area contributed by atoms with E-state index in [9.17, 15) is 9.59 Å². The molecule has 0 aromatic heterocycles. The van der Waals surface area contributed by atoms with Crippen LogP contribution in [0.5, 0.6) is 0 Å². The quantitative estimate of drug-likeness (QED) is 0.353. The van der Waals surface area contributed by atoms with E-state index in [4.69, 9.17) is 0 Å². The molecule has 0 aromatic carbocycles. The summed E-state index contributed by atoms with van der Waals surface area (Å²) in [6.07, 6.45) is 0.989. The van der Waals surface area contributed by atoms with Crippen molar-refractivity contribution in [2.45, 2.75) is 26.7 Å². The van der Waals surface area contributed by atoms with Crippen molar-refractivity contribution in [3.63, 3.8) is 0 Å². The second kappa shape index (κ2) is 4.14. The Kier molecular flexibility index (Phi) is 4.43. The van der Waals surface area contributed by atoms with Crippen molar-refractivity contribution in [1.29, 1.82) is 0 Å². The molecule has 4 heteroatoms. The van der Waals surface area contributed by atoms with Gasteiger partial charge in [0, 0.05) is 5.41 Å². The number of imide groups is 1. The van der Waals surface area contributed by atoms with E-state index in [1.165, 1.54) is 0 Å². The molecule has 0 saturated carbocycles. The third-order valence-electron chi connectivity index (χ3n) is 2.06. The minimum atomic E-state index is -0.489. The van der Waals surface area contributed by atoms with Crippen molar-refractivity contribution < 1.29 is 61.0 Å². The number of amides is 2. The van der Waals surface area contributed by atoms with E-state index in [0.29, 0.717) is 12.8 Å². The van der Waals surface area contributed by atoms with Gasteiger partial charge in [-0.15, -0.1) is 0 Å². The molecule has 0 N–H and O–H groups in total. The number of nitrogens with zero attached hydrogens (tertiary/aromatic N) is 1. The molecule has 2 amide bonds. The topological polar surface area (TPSA) is 48.2 Å². The molecule has 0 radical (unpaired) electrons. The summed E-state index contributed by atoms with van der Waals surface area (Å²) < 4.78 is 0. The van der Waals surface area contributed by atoms with Crippen LogP contribution >= 0.6 is 0 Å². The zero-order chi connectivity index (χ0) is 7.78. The normalized spacial score (nSPS) is 29.6. The summed E-state index contributed by atoms with van der Waals surface area (Å²) in [5, 5.41) is 3.34. The zero-order valence-electron chi connectivity index (χ0n) is 7.18. The van der Waals surface area contributed by atoms with Crippen LogP contribution in [-0.4, -0.2) is 11.8 Å². The largest absolute Gasteiger partial charge is 1.00 e. The van der Waals surface area contributed by atoms with E-state index < -0.39 is 5.41 Å². The van der Waals surface area contributed by atoms with Gasteiger partial charge in [0.15, 0.2) is 0 Å². The van der Waals surface area contributed by atoms with Gasteiger partial charge in [0.25, 0.3) is 0 Å². The molecule has 1 saturated heterocycles. The van der Waals surface area contributed by atoms with Crippen molar-refractivity contribution in [2.75, 3.05) is 0 Å². The van der Waals surface area contributed by atoms with Crippen LogP contribution in [0, 0.1) is 5.41 Å². The minimum absolute atomic E-state index is 0. The van der Waals surface area contributed by atoms with Gasteiger partial charge in [0.2, 0.25) is 0 Å². The fourth-order valence-electron chi connectivity index (χ4n) is 0.973. The molecule has 56 valence electrons. The zero-order valence-corrected chi connectivity index (χ0v) is 10.3. The van der Waals surface area contributed by atoms with Crippen LogP contribution in [0.15, 0.2) is 0 Å². The maximum Gasteiger partial charge on any atom is 1.00 e. The Balaban J connectivity index is 0.000001000. The van der Waals surface area contributed by atoms with Gasteiger partial charge in [-0.1, -0.05) is 13.8 Å². The number of rotatable bonds is 1. The molecule has 1 unspecified atom stereocenters. The molecule has 1 rings (SSSR count). The molecular formula is C7H10KNO2. The van der Waals surface area contributed by atoms with Crippen LogP contribution in [-0.2, 0) is 9.59 Å². The van der Waals surface area contributed by atoms with Gasteiger partial charge in [-0.3, -0.25) is 0 Å². The molecule has 11 heavy (non-hydrogen) atoms. The van der Waals surface area contributed by atoms with Crippen LogP contribution in [0.2, 0.25) is 0 Å². The number of carbonyl (C=O) groups excluding carboxylic acids is 2. The van der Waals surface area contributed by atoms with E-state index in [1.54, 1.807) is 6.92 Å². The Labute approximate surface area is 109 Å². The molecule has 1 aliphatic heterocycles.